The second kappa shape index (κ2) is 11.1. The van der Waals surface area contributed by atoms with Crippen molar-refractivity contribution in [2.75, 3.05) is 20.6 Å². The van der Waals surface area contributed by atoms with Crippen LogP contribution in [0.1, 0.15) is 63.0 Å². The zero-order chi connectivity index (χ0) is 23.1. The summed E-state index contributed by atoms with van der Waals surface area (Å²) in [5.41, 5.74) is 1.31. The lowest BCUT2D eigenvalue weighted by Gasteiger charge is -2.43. The third-order valence-electron chi connectivity index (χ3n) is 6.59. The van der Waals surface area contributed by atoms with Crippen LogP contribution in [0.3, 0.4) is 0 Å². The number of carbonyl (C=O) groups is 1. The van der Waals surface area contributed by atoms with Crippen LogP contribution in [0.2, 0.25) is 0 Å². The van der Waals surface area contributed by atoms with E-state index < -0.39 is 11.5 Å². The van der Waals surface area contributed by atoms with Gasteiger partial charge in [-0.25, -0.2) is 0 Å². The Bertz CT molecular complexity index is 847. The summed E-state index contributed by atoms with van der Waals surface area (Å²) < 4.78 is 5.77. The minimum atomic E-state index is -0.875. The predicted molar refractivity (Wildman–Crippen MR) is 130 cm³/mol. The number of ether oxygens (including phenoxy) is 1. The summed E-state index contributed by atoms with van der Waals surface area (Å²) in [7, 11) is 4.09. The highest BCUT2D eigenvalue weighted by molar-refractivity contribution is 5.80. The van der Waals surface area contributed by atoms with E-state index in [0.717, 1.165) is 44.2 Å². The zero-order valence-electron chi connectivity index (χ0n) is 20.1. The molecule has 4 heteroatoms. The van der Waals surface area contributed by atoms with E-state index in [1.54, 1.807) is 12.1 Å². The van der Waals surface area contributed by atoms with Crippen molar-refractivity contribution < 1.29 is 14.6 Å². The molecule has 32 heavy (non-hydrogen) atoms. The second-order valence-electron chi connectivity index (χ2n) is 10.1. The smallest absolute Gasteiger partial charge is 0.318 e. The van der Waals surface area contributed by atoms with Gasteiger partial charge in [0, 0.05) is 12.5 Å². The molecule has 0 saturated heterocycles. The van der Waals surface area contributed by atoms with Gasteiger partial charge in [-0.05, 0) is 69.0 Å². The molecule has 0 spiro atoms. The third kappa shape index (κ3) is 6.66. The van der Waals surface area contributed by atoms with E-state index in [1.807, 2.05) is 44.4 Å². The average Bonchev–Trinajstić information content (AvgIpc) is 2.74. The quantitative estimate of drug-likeness (QED) is 0.419. The van der Waals surface area contributed by atoms with E-state index in [2.05, 4.69) is 30.9 Å². The maximum Gasteiger partial charge on any atom is 0.318 e. The summed E-state index contributed by atoms with van der Waals surface area (Å²) in [6.07, 6.45) is 5.24. The number of nitrogens with zero attached hydrogens (tertiary/aromatic N) is 1. The maximum atomic E-state index is 13.4. The molecule has 0 heterocycles. The molecule has 1 saturated carbocycles. The lowest BCUT2D eigenvalue weighted by atomic mass is 9.70. The number of carbonyl (C=O) groups excluding carboxylic acids is 1. The molecule has 0 aromatic heterocycles. The van der Waals surface area contributed by atoms with E-state index in [0.29, 0.717) is 18.1 Å². The molecular formula is C28H39NO3. The molecule has 1 aliphatic rings. The van der Waals surface area contributed by atoms with Crippen LogP contribution in [0.25, 0.3) is 0 Å². The van der Waals surface area contributed by atoms with E-state index in [-0.39, 0.29) is 11.9 Å². The van der Waals surface area contributed by atoms with Gasteiger partial charge >= 0.3 is 5.97 Å². The lowest BCUT2D eigenvalue weighted by molar-refractivity contribution is -0.140. The second-order valence-corrected chi connectivity index (χ2v) is 10.1. The average molecular weight is 438 g/mol. The summed E-state index contributed by atoms with van der Waals surface area (Å²) >= 11 is 0. The van der Waals surface area contributed by atoms with Gasteiger partial charge in [0.05, 0.1) is 11.5 Å². The fourth-order valence-corrected chi connectivity index (χ4v) is 4.99. The maximum absolute atomic E-state index is 13.4. The fraction of sp³-hybridized carbons (Fsp3) is 0.536. The zero-order valence-corrected chi connectivity index (χ0v) is 20.1. The van der Waals surface area contributed by atoms with Crippen molar-refractivity contribution in [2.45, 2.75) is 63.9 Å². The van der Waals surface area contributed by atoms with Crippen LogP contribution in [0.15, 0.2) is 54.6 Å². The van der Waals surface area contributed by atoms with Gasteiger partial charge < -0.3 is 14.7 Å². The molecule has 3 rings (SSSR count). The number of hydrogen-bond acceptors (Lipinski definition) is 4. The predicted octanol–water partition coefficient (Wildman–Crippen LogP) is 5.45. The number of benzene rings is 2. The van der Waals surface area contributed by atoms with E-state index in [4.69, 9.17) is 4.74 Å². The molecule has 0 aliphatic heterocycles. The fourth-order valence-electron chi connectivity index (χ4n) is 4.99. The van der Waals surface area contributed by atoms with Crippen molar-refractivity contribution in [3.63, 3.8) is 0 Å². The van der Waals surface area contributed by atoms with Crippen LogP contribution in [0.5, 0.6) is 5.75 Å². The van der Waals surface area contributed by atoms with Crippen molar-refractivity contribution in [3.05, 3.63) is 65.7 Å². The van der Waals surface area contributed by atoms with Gasteiger partial charge in [-0.2, -0.15) is 0 Å². The van der Waals surface area contributed by atoms with Gasteiger partial charge in [-0.1, -0.05) is 69.2 Å². The van der Waals surface area contributed by atoms with E-state index in [9.17, 15) is 9.90 Å². The molecule has 3 unspecified atom stereocenters. The minimum Gasteiger partial charge on any atom is -0.426 e. The molecule has 174 valence electrons. The molecule has 1 N–H and O–H groups in total. The molecule has 0 bridgehead atoms. The number of esters is 1. The van der Waals surface area contributed by atoms with E-state index in [1.165, 1.54) is 5.56 Å². The van der Waals surface area contributed by atoms with Gasteiger partial charge in [0.1, 0.15) is 5.75 Å². The topological polar surface area (TPSA) is 49.8 Å². The molecule has 2 aromatic carbocycles. The highest BCUT2D eigenvalue weighted by Crippen LogP contribution is 2.41. The Hall–Kier alpha value is -2.17. The summed E-state index contributed by atoms with van der Waals surface area (Å²) in [4.78, 5) is 15.5. The van der Waals surface area contributed by atoms with Crippen molar-refractivity contribution in [1.82, 2.24) is 4.90 Å². The summed E-state index contributed by atoms with van der Waals surface area (Å²) in [5.74, 6) is 0.471. The Kier molecular flexibility index (Phi) is 8.50. The Morgan fingerprint density at radius 3 is 2.41 bits per heavy atom. The molecule has 1 fully saturated rings. The van der Waals surface area contributed by atoms with Crippen molar-refractivity contribution in [2.24, 2.45) is 11.8 Å². The van der Waals surface area contributed by atoms with Gasteiger partial charge in [0.2, 0.25) is 0 Å². The van der Waals surface area contributed by atoms with Crippen molar-refractivity contribution in [3.8, 4) is 5.75 Å². The minimum absolute atomic E-state index is 0.151. The highest BCUT2D eigenvalue weighted by Gasteiger charge is 2.43. The third-order valence-corrected chi connectivity index (χ3v) is 6.59. The van der Waals surface area contributed by atoms with Crippen LogP contribution in [0.4, 0.5) is 0 Å². The van der Waals surface area contributed by atoms with E-state index >= 15 is 0 Å². The molecule has 0 radical (unpaired) electrons. The molecule has 2 aromatic rings. The van der Waals surface area contributed by atoms with Gasteiger partial charge in [0.15, 0.2) is 0 Å². The van der Waals surface area contributed by atoms with Crippen LogP contribution in [-0.4, -0.2) is 42.2 Å². The number of hydrogen-bond donors (Lipinski definition) is 1. The first-order valence-corrected chi connectivity index (χ1v) is 12.0. The Balaban J connectivity index is 1.88. The van der Waals surface area contributed by atoms with Crippen LogP contribution >= 0.6 is 0 Å². The van der Waals surface area contributed by atoms with Gasteiger partial charge in [-0.15, -0.1) is 0 Å². The SMILES string of the molecule is CC(C)Cc1ccc(C(CC2(O)CCCCC2CN(C)C)C(=O)Oc2ccccc2)cc1. The van der Waals surface area contributed by atoms with Crippen LogP contribution in [-0.2, 0) is 11.2 Å². The Labute approximate surface area is 193 Å². The van der Waals surface area contributed by atoms with Crippen molar-refractivity contribution in [1.29, 1.82) is 0 Å². The summed E-state index contributed by atoms with van der Waals surface area (Å²) in [5, 5.41) is 11.8. The lowest BCUT2D eigenvalue weighted by Crippen LogP contribution is -2.47. The molecule has 1 aliphatic carbocycles. The number of para-hydroxylation sites is 1. The first-order chi connectivity index (χ1) is 15.3. The normalized spacial score (nSPS) is 22.2. The van der Waals surface area contributed by atoms with Crippen molar-refractivity contribution >= 4 is 5.97 Å². The monoisotopic (exact) mass is 437 g/mol. The first kappa shape index (κ1) is 24.5. The summed E-state index contributed by atoms with van der Waals surface area (Å²) in [6.45, 7) is 5.24. The molecule has 3 atom stereocenters. The first-order valence-electron chi connectivity index (χ1n) is 12.0. The highest BCUT2D eigenvalue weighted by atomic mass is 16.5. The Morgan fingerprint density at radius 2 is 1.78 bits per heavy atom. The van der Waals surface area contributed by atoms with Crippen LogP contribution < -0.4 is 4.74 Å². The Morgan fingerprint density at radius 1 is 1.09 bits per heavy atom. The number of rotatable bonds is 9. The molecular weight excluding hydrogens is 398 g/mol. The van der Waals surface area contributed by atoms with Gasteiger partial charge in [-0.3, -0.25) is 4.79 Å². The molecule has 4 nitrogen and oxygen atoms in total. The number of aliphatic hydroxyl groups is 1. The summed E-state index contributed by atoms with van der Waals surface area (Å²) in [6, 6.07) is 17.5. The van der Waals surface area contributed by atoms with Crippen LogP contribution in [0, 0.1) is 11.8 Å². The van der Waals surface area contributed by atoms with Gasteiger partial charge in [0.25, 0.3) is 0 Å². The largest absolute Gasteiger partial charge is 0.426 e. The molecule has 0 amide bonds. The standard InChI is InChI=1S/C28H39NO3/c1-21(2)18-22-13-15-23(16-14-22)26(27(30)32-25-11-6-5-7-12-25)19-28(31)17-9-8-10-24(28)20-29(3)4/h5-7,11-16,21,24,26,31H,8-10,17-20H2,1-4H3.